The van der Waals surface area contributed by atoms with E-state index in [2.05, 4.69) is 6.58 Å². The standard InChI is InChI=1S/C10H18O2/c1-3-6-10(12)8-5-4-7-9(2)11/h3,10,12H,1,4-8H2,2H3. The molecule has 0 fully saturated rings. The molecule has 0 spiro atoms. The Balaban J connectivity index is 3.18. The average Bonchev–Trinajstić information content (AvgIpc) is 1.98. The van der Waals surface area contributed by atoms with Crippen LogP contribution in [0, 0.1) is 0 Å². The zero-order valence-corrected chi connectivity index (χ0v) is 7.75. The summed E-state index contributed by atoms with van der Waals surface area (Å²) in [6.45, 7) is 5.14. The zero-order valence-electron chi connectivity index (χ0n) is 7.75. The van der Waals surface area contributed by atoms with Gasteiger partial charge >= 0.3 is 0 Å². The van der Waals surface area contributed by atoms with Crippen LogP contribution in [0.2, 0.25) is 0 Å². The minimum absolute atomic E-state index is 0.230. The van der Waals surface area contributed by atoms with Gasteiger partial charge in [-0.05, 0) is 26.2 Å². The Hall–Kier alpha value is -0.630. The van der Waals surface area contributed by atoms with Gasteiger partial charge in [0.1, 0.15) is 5.78 Å². The molecule has 0 rings (SSSR count). The van der Waals surface area contributed by atoms with Crippen molar-refractivity contribution >= 4 is 5.78 Å². The highest BCUT2D eigenvalue weighted by atomic mass is 16.3. The van der Waals surface area contributed by atoms with E-state index in [1.54, 1.807) is 13.0 Å². The van der Waals surface area contributed by atoms with Gasteiger partial charge in [-0.25, -0.2) is 0 Å². The number of hydrogen-bond donors (Lipinski definition) is 1. The smallest absolute Gasteiger partial charge is 0.129 e. The normalized spacial score (nSPS) is 12.5. The van der Waals surface area contributed by atoms with Gasteiger partial charge in [0.25, 0.3) is 0 Å². The van der Waals surface area contributed by atoms with E-state index >= 15 is 0 Å². The molecule has 0 radical (unpaired) electrons. The fraction of sp³-hybridized carbons (Fsp3) is 0.700. The van der Waals surface area contributed by atoms with E-state index in [1.165, 1.54) is 0 Å². The molecule has 70 valence electrons. The summed E-state index contributed by atoms with van der Waals surface area (Å²) in [5.41, 5.74) is 0. The minimum atomic E-state index is -0.269. The number of carbonyl (C=O) groups is 1. The monoisotopic (exact) mass is 170 g/mol. The van der Waals surface area contributed by atoms with Crippen molar-refractivity contribution in [2.24, 2.45) is 0 Å². The lowest BCUT2D eigenvalue weighted by Crippen LogP contribution is -2.04. The van der Waals surface area contributed by atoms with Crippen LogP contribution in [0.25, 0.3) is 0 Å². The van der Waals surface area contributed by atoms with Crippen molar-refractivity contribution in [3.63, 3.8) is 0 Å². The summed E-state index contributed by atoms with van der Waals surface area (Å²) in [5, 5.41) is 9.26. The molecule has 0 heterocycles. The van der Waals surface area contributed by atoms with Crippen LogP contribution in [-0.2, 0) is 4.79 Å². The van der Waals surface area contributed by atoms with E-state index in [0.29, 0.717) is 12.8 Å². The van der Waals surface area contributed by atoms with Crippen molar-refractivity contribution in [1.29, 1.82) is 0 Å². The molecule has 0 aromatic heterocycles. The van der Waals surface area contributed by atoms with Crippen molar-refractivity contribution in [3.8, 4) is 0 Å². The lowest BCUT2D eigenvalue weighted by molar-refractivity contribution is -0.117. The molecule has 0 bridgehead atoms. The Morgan fingerprint density at radius 1 is 1.58 bits per heavy atom. The van der Waals surface area contributed by atoms with Gasteiger partial charge < -0.3 is 9.90 Å². The molecular weight excluding hydrogens is 152 g/mol. The van der Waals surface area contributed by atoms with E-state index in [-0.39, 0.29) is 11.9 Å². The predicted molar refractivity (Wildman–Crippen MR) is 50.0 cm³/mol. The zero-order chi connectivity index (χ0) is 9.40. The second-order valence-corrected chi connectivity index (χ2v) is 3.13. The van der Waals surface area contributed by atoms with Crippen molar-refractivity contribution in [3.05, 3.63) is 12.7 Å². The highest BCUT2D eigenvalue weighted by Crippen LogP contribution is 2.06. The number of ketones is 1. The summed E-state index contributed by atoms with van der Waals surface area (Å²) < 4.78 is 0. The van der Waals surface area contributed by atoms with Gasteiger partial charge in [-0.15, -0.1) is 6.58 Å². The molecule has 0 aromatic carbocycles. The van der Waals surface area contributed by atoms with Crippen LogP contribution >= 0.6 is 0 Å². The molecule has 2 nitrogen and oxygen atoms in total. The van der Waals surface area contributed by atoms with Crippen LogP contribution in [0.15, 0.2) is 12.7 Å². The summed E-state index contributed by atoms with van der Waals surface area (Å²) in [6.07, 6.45) is 5.34. The van der Waals surface area contributed by atoms with Crippen LogP contribution in [0.1, 0.15) is 39.0 Å². The first-order valence-corrected chi connectivity index (χ1v) is 4.45. The quantitative estimate of drug-likeness (QED) is 0.469. The molecule has 0 aliphatic carbocycles. The highest BCUT2D eigenvalue weighted by molar-refractivity contribution is 5.75. The number of carbonyl (C=O) groups excluding carboxylic acids is 1. The van der Waals surface area contributed by atoms with Gasteiger partial charge in [-0.1, -0.05) is 12.5 Å². The maximum Gasteiger partial charge on any atom is 0.129 e. The van der Waals surface area contributed by atoms with E-state index in [0.717, 1.165) is 19.3 Å². The van der Waals surface area contributed by atoms with Crippen LogP contribution < -0.4 is 0 Å². The SMILES string of the molecule is C=CCC(O)CCCCC(C)=O. The Labute approximate surface area is 74.3 Å². The molecule has 12 heavy (non-hydrogen) atoms. The average molecular weight is 170 g/mol. The third-order valence-corrected chi connectivity index (χ3v) is 1.75. The van der Waals surface area contributed by atoms with Crippen molar-refractivity contribution in [1.82, 2.24) is 0 Å². The maximum atomic E-state index is 10.5. The van der Waals surface area contributed by atoms with Crippen LogP contribution in [0.3, 0.4) is 0 Å². The molecule has 1 atom stereocenters. The van der Waals surface area contributed by atoms with Gasteiger partial charge in [0.2, 0.25) is 0 Å². The fourth-order valence-electron chi connectivity index (χ4n) is 1.06. The number of unbranched alkanes of at least 4 members (excludes halogenated alkanes) is 1. The van der Waals surface area contributed by atoms with Crippen LogP contribution in [0.5, 0.6) is 0 Å². The van der Waals surface area contributed by atoms with Gasteiger partial charge in [-0.3, -0.25) is 0 Å². The molecule has 1 unspecified atom stereocenters. The first kappa shape index (κ1) is 11.4. The third kappa shape index (κ3) is 7.48. The van der Waals surface area contributed by atoms with Gasteiger partial charge in [0.15, 0.2) is 0 Å². The molecule has 0 aliphatic heterocycles. The van der Waals surface area contributed by atoms with Crippen LogP contribution in [0.4, 0.5) is 0 Å². The van der Waals surface area contributed by atoms with E-state index in [4.69, 9.17) is 0 Å². The summed E-state index contributed by atoms with van der Waals surface area (Å²) in [5.74, 6) is 0.230. The molecule has 2 heteroatoms. The number of hydrogen-bond acceptors (Lipinski definition) is 2. The molecule has 1 N–H and O–H groups in total. The Bertz CT molecular complexity index is 141. The first-order valence-electron chi connectivity index (χ1n) is 4.45. The lowest BCUT2D eigenvalue weighted by atomic mass is 10.1. The van der Waals surface area contributed by atoms with Crippen molar-refractivity contribution < 1.29 is 9.90 Å². The summed E-state index contributed by atoms with van der Waals surface area (Å²) in [4.78, 5) is 10.5. The largest absolute Gasteiger partial charge is 0.393 e. The molecule has 0 aromatic rings. The van der Waals surface area contributed by atoms with Gasteiger partial charge in [0.05, 0.1) is 6.10 Å². The fourth-order valence-corrected chi connectivity index (χ4v) is 1.06. The predicted octanol–water partition coefficient (Wildman–Crippen LogP) is 2.07. The number of rotatable bonds is 7. The Kier molecular flexibility index (Phi) is 6.67. The second-order valence-electron chi connectivity index (χ2n) is 3.13. The topological polar surface area (TPSA) is 37.3 Å². The van der Waals surface area contributed by atoms with Crippen LogP contribution in [-0.4, -0.2) is 17.0 Å². The molecule has 0 saturated heterocycles. The second kappa shape index (κ2) is 7.04. The lowest BCUT2D eigenvalue weighted by Gasteiger charge is -2.05. The maximum absolute atomic E-state index is 10.5. The summed E-state index contributed by atoms with van der Waals surface area (Å²) in [7, 11) is 0. The number of Topliss-reactive ketones (excluding diaryl/α,β-unsaturated/α-hetero) is 1. The van der Waals surface area contributed by atoms with Gasteiger partial charge in [-0.2, -0.15) is 0 Å². The molecule has 0 saturated carbocycles. The Morgan fingerprint density at radius 2 is 2.25 bits per heavy atom. The number of aliphatic hydroxyl groups is 1. The highest BCUT2D eigenvalue weighted by Gasteiger charge is 2.01. The number of aliphatic hydroxyl groups excluding tert-OH is 1. The molecular formula is C10H18O2. The van der Waals surface area contributed by atoms with E-state index < -0.39 is 0 Å². The summed E-state index contributed by atoms with van der Waals surface area (Å²) in [6, 6.07) is 0. The van der Waals surface area contributed by atoms with Crippen molar-refractivity contribution in [2.45, 2.75) is 45.1 Å². The molecule has 0 amide bonds. The summed E-state index contributed by atoms with van der Waals surface area (Å²) >= 11 is 0. The van der Waals surface area contributed by atoms with Crippen molar-refractivity contribution in [2.75, 3.05) is 0 Å². The Morgan fingerprint density at radius 3 is 2.75 bits per heavy atom. The first-order chi connectivity index (χ1) is 5.66. The van der Waals surface area contributed by atoms with E-state index in [1.807, 2.05) is 0 Å². The van der Waals surface area contributed by atoms with E-state index in [9.17, 15) is 9.90 Å². The molecule has 0 aliphatic rings. The minimum Gasteiger partial charge on any atom is -0.393 e. The third-order valence-electron chi connectivity index (χ3n) is 1.75. The van der Waals surface area contributed by atoms with Gasteiger partial charge in [0, 0.05) is 6.42 Å².